The molecule has 2 nitrogen and oxygen atoms in total. The molecule has 2 aliphatic carbocycles. The zero-order chi connectivity index (χ0) is 11.7. The minimum Gasteiger partial charge on any atom is -0.396 e. The first kappa shape index (κ1) is 12.4. The van der Waals surface area contributed by atoms with Crippen LogP contribution in [-0.2, 0) is 0 Å². The summed E-state index contributed by atoms with van der Waals surface area (Å²) in [5, 5.41) is 18.7. The smallest absolute Gasteiger partial charge is 0.0459 e. The third-order valence-electron chi connectivity index (χ3n) is 5.06. The molecule has 2 heteroatoms. The van der Waals surface area contributed by atoms with Crippen molar-refractivity contribution in [1.82, 2.24) is 0 Å². The van der Waals surface area contributed by atoms with Crippen LogP contribution in [0.25, 0.3) is 0 Å². The van der Waals surface area contributed by atoms with Crippen molar-refractivity contribution >= 4 is 0 Å². The molecule has 94 valence electrons. The summed E-state index contributed by atoms with van der Waals surface area (Å²) in [5.74, 6) is 4.13. The topological polar surface area (TPSA) is 40.5 Å². The largest absolute Gasteiger partial charge is 0.396 e. The van der Waals surface area contributed by atoms with Crippen molar-refractivity contribution in [1.29, 1.82) is 0 Å². The molecule has 0 radical (unpaired) electrons. The zero-order valence-electron chi connectivity index (χ0n) is 10.6. The van der Waals surface area contributed by atoms with Crippen LogP contribution in [0.3, 0.4) is 0 Å². The van der Waals surface area contributed by atoms with E-state index in [2.05, 4.69) is 13.8 Å². The summed E-state index contributed by atoms with van der Waals surface area (Å²) in [5.41, 5.74) is 0. The van der Waals surface area contributed by atoms with Gasteiger partial charge in [0.05, 0.1) is 0 Å². The number of fused-ring (bicyclic) bond motifs is 1. The van der Waals surface area contributed by atoms with Gasteiger partial charge in [-0.15, -0.1) is 0 Å². The molecule has 0 saturated heterocycles. The SMILES string of the molecule is CC1CC(CO)CC2CC(CO)CC(C)C12. The third kappa shape index (κ3) is 2.28. The van der Waals surface area contributed by atoms with E-state index in [1.807, 2.05) is 0 Å². The summed E-state index contributed by atoms with van der Waals surface area (Å²) in [6.07, 6.45) is 4.77. The summed E-state index contributed by atoms with van der Waals surface area (Å²) < 4.78 is 0. The number of hydrogen-bond donors (Lipinski definition) is 2. The maximum Gasteiger partial charge on any atom is 0.0459 e. The fourth-order valence-electron chi connectivity index (χ4n) is 4.61. The summed E-state index contributed by atoms with van der Waals surface area (Å²) in [7, 11) is 0. The Labute approximate surface area is 99.1 Å². The number of hydrogen-bond acceptors (Lipinski definition) is 2. The molecule has 2 saturated carbocycles. The van der Waals surface area contributed by atoms with Crippen molar-refractivity contribution < 1.29 is 10.2 Å². The van der Waals surface area contributed by atoms with Gasteiger partial charge >= 0.3 is 0 Å². The number of aliphatic hydroxyl groups excluding tert-OH is 2. The lowest BCUT2D eigenvalue weighted by Crippen LogP contribution is -2.42. The Balaban J connectivity index is 2.06. The van der Waals surface area contributed by atoms with Crippen LogP contribution in [0.1, 0.15) is 39.5 Å². The first-order chi connectivity index (χ1) is 7.65. The zero-order valence-corrected chi connectivity index (χ0v) is 10.6. The van der Waals surface area contributed by atoms with E-state index in [0.29, 0.717) is 25.0 Å². The Morgan fingerprint density at radius 2 is 1.25 bits per heavy atom. The maximum atomic E-state index is 9.34. The Bertz CT molecular complexity index is 207. The number of aliphatic hydroxyl groups is 2. The van der Waals surface area contributed by atoms with E-state index < -0.39 is 0 Å². The molecular weight excluding hydrogens is 200 g/mol. The van der Waals surface area contributed by atoms with Crippen molar-refractivity contribution in [3.05, 3.63) is 0 Å². The Morgan fingerprint density at radius 1 is 0.812 bits per heavy atom. The van der Waals surface area contributed by atoms with Crippen molar-refractivity contribution in [2.45, 2.75) is 39.5 Å². The van der Waals surface area contributed by atoms with Gasteiger partial charge in [0.25, 0.3) is 0 Å². The van der Waals surface area contributed by atoms with Crippen LogP contribution in [0.5, 0.6) is 0 Å². The monoisotopic (exact) mass is 226 g/mol. The molecule has 0 aliphatic heterocycles. The van der Waals surface area contributed by atoms with Crippen molar-refractivity contribution in [2.24, 2.45) is 35.5 Å². The van der Waals surface area contributed by atoms with Crippen molar-refractivity contribution in [3.63, 3.8) is 0 Å². The highest BCUT2D eigenvalue weighted by Gasteiger charge is 2.42. The quantitative estimate of drug-likeness (QED) is 0.758. The minimum atomic E-state index is 0.353. The normalized spacial score (nSPS) is 48.8. The van der Waals surface area contributed by atoms with E-state index in [4.69, 9.17) is 0 Å². The van der Waals surface area contributed by atoms with Crippen molar-refractivity contribution in [2.75, 3.05) is 13.2 Å². The number of rotatable bonds is 2. The van der Waals surface area contributed by atoms with Crippen LogP contribution >= 0.6 is 0 Å². The first-order valence-corrected chi connectivity index (χ1v) is 6.87. The summed E-state index contributed by atoms with van der Waals surface area (Å²) in [6, 6.07) is 0. The Kier molecular flexibility index (Phi) is 3.91. The van der Waals surface area contributed by atoms with Gasteiger partial charge in [0.1, 0.15) is 0 Å². The molecule has 16 heavy (non-hydrogen) atoms. The van der Waals surface area contributed by atoms with Crippen LogP contribution in [0.2, 0.25) is 0 Å². The molecule has 0 aromatic heterocycles. The van der Waals surface area contributed by atoms with Gasteiger partial charge in [0.2, 0.25) is 0 Å². The van der Waals surface area contributed by atoms with Gasteiger partial charge in [-0.25, -0.2) is 0 Å². The van der Waals surface area contributed by atoms with E-state index >= 15 is 0 Å². The van der Waals surface area contributed by atoms with E-state index in [1.165, 1.54) is 25.7 Å². The standard InChI is InChI=1S/C14H26O2/c1-9-3-11(7-15)5-13-6-12(8-16)4-10(2)14(9)13/h9-16H,3-8H2,1-2H3. The van der Waals surface area contributed by atoms with Gasteiger partial charge in [0, 0.05) is 13.2 Å². The molecule has 4 unspecified atom stereocenters. The van der Waals surface area contributed by atoms with E-state index in [1.54, 1.807) is 0 Å². The van der Waals surface area contributed by atoms with Crippen LogP contribution in [-0.4, -0.2) is 23.4 Å². The minimum absolute atomic E-state index is 0.353. The first-order valence-electron chi connectivity index (χ1n) is 6.87. The molecule has 2 rings (SSSR count). The molecule has 0 spiro atoms. The van der Waals surface area contributed by atoms with E-state index in [-0.39, 0.29) is 0 Å². The highest BCUT2D eigenvalue weighted by molar-refractivity contribution is 4.92. The molecule has 0 bridgehead atoms. The van der Waals surface area contributed by atoms with Gasteiger partial charge in [-0.1, -0.05) is 13.8 Å². The molecule has 0 aromatic rings. The highest BCUT2D eigenvalue weighted by atomic mass is 16.3. The van der Waals surface area contributed by atoms with E-state index in [0.717, 1.165) is 23.7 Å². The highest BCUT2D eigenvalue weighted by Crippen LogP contribution is 2.49. The van der Waals surface area contributed by atoms with Crippen LogP contribution in [0, 0.1) is 35.5 Å². The van der Waals surface area contributed by atoms with Gasteiger partial charge in [0.15, 0.2) is 0 Å². The second kappa shape index (κ2) is 5.05. The third-order valence-corrected chi connectivity index (χ3v) is 5.06. The molecule has 0 amide bonds. The van der Waals surface area contributed by atoms with Gasteiger partial charge in [-0.05, 0) is 61.2 Å². The second-order valence-corrected chi connectivity index (χ2v) is 6.33. The predicted molar refractivity (Wildman–Crippen MR) is 64.9 cm³/mol. The molecular formula is C14H26O2. The van der Waals surface area contributed by atoms with Crippen molar-refractivity contribution in [3.8, 4) is 0 Å². The molecule has 4 atom stereocenters. The fraction of sp³-hybridized carbons (Fsp3) is 1.00. The lowest BCUT2D eigenvalue weighted by Gasteiger charge is -2.48. The fourth-order valence-corrected chi connectivity index (χ4v) is 4.61. The molecule has 2 N–H and O–H groups in total. The maximum absolute atomic E-state index is 9.34. The molecule has 0 heterocycles. The molecule has 2 fully saturated rings. The average Bonchev–Trinajstić information content (AvgIpc) is 2.27. The van der Waals surface area contributed by atoms with Gasteiger partial charge < -0.3 is 10.2 Å². The summed E-state index contributed by atoms with van der Waals surface area (Å²) >= 11 is 0. The lowest BCUT2D eigenvalue weighted by molar-refractivity contribution is -0.0129. The summed E-state index contributed by atoms with van der Waals surface area (Å²) in [4.78, 5) is 0. The molecule has 2 aliphatic rings. The van der Waals surface area contributed by atoms with Gasteiger partial charge in [-0.2, -0.15) is 0 Å². The second-order valence-electron chi connectivity index (χ2n) is 6.33. The molecule has 0 aromatic carbocycles. The predicted octanol–water partition coefficient (Wildman–Crippen LogP) is 2.30. The summed E-state index contributed by atoms with van der Waals surface area (Å²) in [6.45, 7) is 5.42. The Hall–Kier alpha value is -0.0800. The van der Waals surface area contributed by atoms with Crippen LogP contribution in [0.4, 0.5) is 0 Å². The van der Waals surface area contributed by atoms with Gasteiger partial charge in [-0.3, -0.25) is 0 Å². The van der Waals surface area contributed by atoms with Crippen LogP contribution < -0.4 is 0 Å². The Morgan fingerprint density at radius 3 is 1.62 bits per heavy atom. The van der Waals surface area contributed by atoms with E-state index in [9.17, 15) is 10.2 Å². The average molecular weight is 226 g/mol. The van der Waals surface area contributed by atoms with Crippen LogP contribution in [0.15, 0.2) is 0 Å². The lowest BCUT2D eigenvalue weighted by atomic mass is 9.57.